The average Bonchev–Trinajstić information content (AvgIpc) is 2.61. The van der Waals surface area contributed by atoms with Crippen LogP contribution in [-0.4, -0.2) is 23.1 Å². The fraction of sp³-hybridized carbons (Fsp3) is 0.364. The molecule has 0 amide bonds. The molecule has 0 saturated carbocycles. The van der Waals surface area contributed by atoms with E-state index in [4.69, 9.17) is 4.74 Å². The van der Waals surface area contributed by atoms with Crippen LogP contribution in [0.15, 0.2) is 54.6 Å². The van der Waals surface area contributed by atoms with Gasteiger partial charge in [-0.2, -0.15) is 0 Å². The zero-order chi connectivity index (χ0) is 19.3. The van der Waals surface area contributed by atoms with E-state index in [0.717, 1.165) is 5.56 Å². The molecule has 0 aliphatic heterocycles. The number of aromatic carboxylic acids is 1. The van der Waals surface area contributed by atoms with E-state index in [1.54, 1.807) is 12.1 Å². The number of hydrogen-bond acceptors (Lipinski definition) is 3. The number of carbonyl (C=O) groups excluding carboxylic acids is 1. The lowest BCUT2D eigenvalue weighted by Gasteiger charge is -2.33. The van der Waals surface area contributed by atoms with Crippen molar-refractivity contribution in [3.8, 4) is 0 Å². The van der Waals surface area contributed by atoms with Crippen LogP contribution in [0, 0.1) is 11.8 Å². The van der Waals surface area contributed by atoms with E-state index in [2.05, 4.69) is 13.8 Å². The molecule has 138 valence electrons. The molecule has 0 heterocycles. The average molecular weight is 354 g/mol. The van der Waals surface area contributed by atoms with E-state index < -0.39 is 11.9 Å². The SMILES string of the molecule is CC(C)[C@@H](OC(=O)c1ccccc1C(=O)O)[C@@H](c1ccccc1)C(C)C. The van der Waals surface area contributed by atoms with Crippen molar-refractivity contribution in [3.63, 3.8) is 0 Å². The van der Waals surface area contributed by atoms with Gasteiger partial charge in [0.25, 0.3) is 0 Å². The molecule has 0 radical (unpaired) electrons. The lowest BCUT2D eigenvalue weighted by Crippen LogP contribution is -2.33. The molecule has 0 aliphatic rings. The normalized spacial score (nSPS) is 13.5. The molecule has 4 nitrogen and oxygen atoms in total. The third kappa shape index (κ3) is 4.51. The van der Waals surface area contributed by atoms with Crippen LogP contribution in [0.3, 0.4) is 0 Å². The van der Waals surface area contributed by atoms with Crippen molar-refractivity contribution in [3.05, 3.63) is 71.3 Å². The molecule has 0 unspecified atom stereocenters. The van der Waals surface area contributed by atoms with Gasteiger partial charge in [-0.1, -0.05) is 70.2 Å². The zero-order valence-corrected chi connectivity index (χ0v) is 15.7. The fourth-order valence-electron chi connectivity index (χ4n) is 3.29. The summed E-state index contributed by atoms with van der Waals surface area (Å²) >= 11 is 0. The fourth-order valence-corrected chi connectivity index (χ4v) is 3.29. The first-order chi connectivity index (χ1) is 12.3. The highest BCUT2D eigenvalue weighted by Gasteiger charge is 2.32. The second-order valence-electron chi connectivity index (χ2n) is 7.15. The largest absolute Gasteiger partial charge is 0.478 e. The Morgan fingerprint density at radius 2 is 1.35 bits per heavy atom. The van der Waals surface area contributed by atoms with Crippen LogP contribution in [0.5, 0.6) is 0 Å². The van der Waals surface area contributed by atoms with E-state index >= 15 is 0 Å². The molecule has 2 aromatic carbocycles. The lowest BCUT2D eigenvalue weighted by molar-refractivity contribution is 0.00358. The van der Waals surface area contributed by atoms with Crippen LogP contribution in [0.4, 0.5) is 0 Å². The summed E-state index contributed by atoms with van der Waals surface area (Å²) in [5.41, 5.74) is 1.16. The minimum absolute atomic E-state index is 0.0251. The van der Waals surface area contributed by atoms with Crippen molar-refractivity contribution in [2.75, 3.05) is 0 Å². The Morgan fingerprint density at radius 3 is 1.85 bits per heavy atom. The van der Waals surface area contributed by atoms with Gasteiger partial charge in [-0.05, 0) is 29.5 Å². The maximum Gasteiger partial charge on any atom is 0.339 e. The van der Waals surface area contributed by atoms with E-state index in [1.165, 1.54) is 12.1 Å². The molecule has 0 aromatic heterocycles. The predicted molar refractivity (Wildman–Crippen MR) is 101 cm³/mol. The van der Waals surface area contributed by atoms with Crippen LogP contribution in [0.1, 0.15) is 59.9 Å². The first-order valence-electron chi connectivity index (χ1n) is 8.91. The number of benzene rings is 2. The number of carbonyl (C=O) groups is 2. The second-order valence-corrected chi connectivity index (χ2v) is 7.15. The van der Waals surface area contributed by atoms with Crippen LogP contribution < -0.4 is 0 Å². The topological polar surface area (TPSA) is 63.6 Å². The Bertz CT molecular complexity index is 750. The number of carboxylic acid groups (broad SMARTS) is 1. The first kappa shape index (κ1) is 19.7. The smallest absolute Gasteiger partial charge is 0.339 e. The van der Waals surface area contributed by atoms with Crippen molar-refractivity contribution in [2.45, 2.75) is 39.7 Å². The molecule has 2 aromatic rings. The highest BCUT2D eigenvalue weighted by Crippen LogP contribution is 2.34. The van der Waals surface area contributed by atoms with Crippen LogP contribution in [0.25, 0.3) is 0 Å². The van der Waals surface area contributed by atoms with E-state index in [9.17, 15) is 14.7 Å². The van der Waals surface area contributed by atoms with Crippen molar-refractivity contribution < 1.29 is 19.4 Å². The van der Waals surface area contributed by atoms with Gasteiger partial charge in [0, 0.05) is 5.92 Å². The van der Waals surface area contributed by atoms with E-state index in [0.29, 0.717) is 0 Å². The Balaban J connectivity index is 2.36. The van der Waals surface area contributed by atoms with Gasteiger partial charge < -0.3 is 9.84 Å². The molecule has 1 N–H and O–H groups in total. The molecule has 0 aliphatic carbocycles. The molecule has 2 rings (SSSR count). The van der Waals surface area contributed by atoms with Crippen LogP contribution in [0.2, 0.25) is 0 Å². The molecule has 0 spiro atoms. The van der Waals surface area contributed by atoms with Crippen molar-refractivity contribution in [1.82, 2.24) is 0 Å². The third-order valence-corrected chi connectivity index (χ3v) is 4.53. The highest BCUT2D eigenvalue weighted by molar-refractivity contribution is 6.02. The monoisotopic (exact) mass is 354 g/mol. The molecule has 0 saturated heterocycles. The summed E-state index contributed by atoms with van der Waals surface area (Å²) in [4.78, 5) is 24.2. The number of carboxylic acids is 1. The number of esters is 1. The van der Waals surface area contributed by atoms with Gasteiger partial charge in [0.05, 0.1) is 11.1 Å². The van der Waals surface area contributed by atoms with Crippen molar-refractivity contribution in [1.29, 1.82) is 0 Å². The zero-order valence-electron chi connectivity index (χ0n) is 15.7. The Kier molecular flexibility index (Phi) is 6.56. The summed E-state index contributed by atoms with van der Waals surface area (Å²) in [7, 11) is 0. The lowest BCUT2D eigenvalue weighted by atomic mass is 9.79. The summed E-state index contributed by atoms with van der Waals surface area (Å²) in [5.74, 6) is -1.36. The standard InChI is InChI=1S/C22H26O4/c1-14(2)19(16-10-6-5-7-11-16)20(15(3)4)26-22(25)18-13-9-8-12-17(18)21(23)24/h5-15,19-20H,1-4H3,(H,23,24)/t19-,20-/m1/s1. The highest BCUT2D eigenvalue weighted by atomic mass is 16.5. The third-order valence-electron chi connectivity index (χ3n) is 4.53. The van der Waals surface area contributed by atoms with E-state index in [-0.39, 0.29) is 35.0 Å². The van der Waals surface area contributed by atoms with Crippen molar-refractivity contribution >= 4 is 11.9 Å². The molecule has 4 heteroatoms. The Morgan fingerprint density at radius 1 is 0.808 bits per heavy atom. The summed E-state index contributed by atoms with van der Waals surface area (Å²) in [6.45, 7) is 8.23. The summed E-state index contributed by atoms with van der Waals surface area (Å²) in [5, 5.41) is 9.33. The number of hydrogen-bond donors (Lipinski definition) is 1. The summed E-state index contributed by atoms with van der Waals surface area (Å²) in [6, 6.07) is 16.1. The summed E-state index contributed by atoms with van der Waals surface area (Å²) < 4.78 is 5.86. The Hall–Kier alpha value is -2.62. The molecule has 26 heavy (non-hydrogen) atoms. The van der Waals surface area contributed by atoms with Gasteiger partial charge in [0.1, 0.15) is 6.10 Å². The van der Waals surface area contributed by atoms with Crippen molar-refractivity contribution in [2.24, 2.45) is 11.8 Å². The van der Waals surface area contributed by atoms with Gasteiger partial charge in [-0.15, -0.1) is 0 Å². The van der Waals surface area contributed by atoms with Gasteiger partial charge in [-0.25, -0.2) is 9.59 Å². The molecule has 0 bridgehead atoms. The maximum atomic E-state index is 12.8. The van der Waals surface area contributed by atoms with Gasteiger partial charge in [0.2, 0.25) is 0 Å². The van der Waals surface area contributed by atoms with Gasteiger partial charge >= 0.3 is 11.9 Å². The Labute approximate surface area is 154 Å². The molecular formula is C22H26O4. The minimum Gasteiger partial charge on any atom is -0.478 e. The predicted octanol–water partition coefficient (Wildman–Crippen LogP) is 5.01. The number of ether oxygens (including phenoxy) is 1. The summed E-state index contributed by atoms with van der Waals surface area (Å²) in [6.07, 6.45) is -0.355. The first-order valence-corrected chi connectivity index (χ1v) is 8.91. The van der Waals surface area contributed by atoms with Gasteiger partial charge in [-0.3, -0.25) is 0 Å². The van der Waals surface area contributed by atoms with Crippen LogP contribution >= 0.6 is 0 Å². The molecule has 2 atom stereocenters. The second kappa shape index (κ2) is 8.65. The molecular weight excluding hydrogens is 328 g/mol. The van der Waals surface area contributed by atoms with Gasteiger partial charge in [0.15, 0.2) is 0 Å². The quantitative estimate of drug-likeness (QED) is 0.710. The molecule has 0 fully saturated rings. The van der Waals surface area contributed by atoms with E-state index in [1.807, 2.05) is 44.2 Å². The van der Waals surface area contributed by atoms with Crippen LogP contribution in [-0.2, 0) is 4.74 Å². The minimum atomic E-state index is -1.14. The maximum absolute atomic E-state index is 12.8. The number of rotatable bonds is 7.